The van der Waals surface area contributed by atoms with Crippen LogP contribution in [0.1, 0.15) is 73.0 Å². The van der Waals surface area contributed by atoms with Crippen molar-refractivity contribution >= 4 is 11.8 Å². The summed E-state index contributed by atoms with van der Waals surface area (Å²) in [7, 11) is 0. The Bertz CT molecular complexity index is 1690. The Morgan fingerprint density at radius 3 is 2.34 bits per heavy atom. The van der Waals surface area contributed by atoms with Gasteiger partial charge in [0.2, 0.25) is 0 Å². The van der Waals surface area contributed by atoms with Crippen LogP contribution in [0, 0.1) is 13.8 Å². The number of likely N-dealkylation sites (tertiary alicyclic amines) is 1. The molecule has 47 heavy (non-hydrogen) atoms. The zero-order valence-corrected chi connectivity index (χ0v) is 26.6. The van der Waals surface area contributed by atoms with E-state index in [0.717, 1.165) is 36.1 Å². The summed E-state index contributed by atoms with van der Waals surface area (Å²) < 4.78 is 39.4. The Kier molecular flexibility index (Phi) is 10.8. The van der Waals surface area contributed by atoms with E-state index in [-0.39, 0.29) is 25.0 Å². The minimum atomic E-state index is -4.45. The molecule has 1 unspecified atom stereocenters. The van der Waals surface area contributed by atoms with Crippen LogP contribution in [0.5, 0.6) is 0 Å². The number of halogens is 3. The largest absolute Gasteiger partial charge is 0.416 e. The number of carbonyl (C=O) groups is 2. The molecule has 3 atom stereocenters. The first-order valence-electron chi connectivity index (χ1n) is 15.9. The van der Waals surface area contributed by atoms with Crippen molar-refractivity contribution in [3.05, 3.63) is 142 Å². The van der Waals surface area contributed by atoms with E-state index >= 15 is 0 Å². The average Bonchev–Trinajstić information content (AvgIpc) is 3.56. The summed E-state index contributed by atoms with van der Waals surface area (Å²) in [5.74, 6) is -0.579. The standard InChI is InChI=1S/C38H40F3N3O3/c1-25-16-17-29(19-26(25)2)34-15-8-18-44(34)37(47)31-13-7-12-30(22-31)36(46)43-33(21-27-9-4-3-5-10-27)35(45)24-42-23-28-11-6-14-32(20-28)38(39,40)41/h3-7,9-14,16-17,19-20,22,33-35,42,45H,8,15,18,21,23-24H2,1-2H3,(H,43,46)/t33-,34?,35+/m0/s1. The first-order valence-corrected chi connectivity index (χ1v) is 15.9. The summed E-state index contributed by atoms with van der Waals surface area (Å²) in [4.78, 5) is 29.2. The summed E-state index contributed by atoms with van der Waals surface area (Å²) in [5, 5.41) is 17.1. The number of benzene rings is 4. The molecule has 1 saturated heterocycles. The van der Waals surface area contributed by atoms with Crippen molar-refractivity contribution in [3.8, 4) is 0 Å². The Labute approximate surface area is 273 Å². The monoisotopic (exact) mass is 643 g/mol. The zero-order chi connectivity index (χ0) is 33.6. The molecular weight excluding hydrogens is 603 g/mol. The van der Waals surface area contributed by atoms with E-state index in [4.69, 9.17) is 0 Å². The third-order valence-corrected chi connectivity index (χ3v) is 8.82. The molecule has 4 aromatic rings. The number of aliphatic hydroxyl groups is 1. The summed E-state index contributed by atoms with van der Waals surface area (Å²) in [5.41, 5.74) is 4.77. The van der Waals surface area contributed by atoms with E-state index in [0.29, 0.717) is 29.7 Å². The van der Waals surface area contributed by atoms with Crippen LogP contribution in [-0.2, 0) is 19.1 Å². The van der Waals surface area contributed by atoms with E-state index in [9.17, 15) is 27.9 Å². The summed E-state index contributed by atoms with van der Waals surface area (Å²) in [6.07, 6.45) is -3.42. The quantitative estimate of drug-likeness (QED) is 0.168. The van der Waals surface area contributed by atoms with Gasteiger partial charge in [-0.25, -0.2) is 0 Å². The van der Waals surface area contributed by atoms with Crippen molar-refractivity contribution in [2.45, 2.75) is 64.0 Å². The molecule has 1 aliphatic heterocycles. The van der Waals surface area contributed by atoms with Gasteiger partial charge in [-0.15, -0.1) is 0 Å². The van der Waals surface area contributed by atoms with Gasteiger partial charge >= 0.3 is 6.18 Å². The third-order valence-electron chi connectivity index (χ3n) is 8.82. The van der Waals surface area contributed by atoms with E-state index in [1.165, 1.54) is 17.2 Å². The smallest absolute Gasteiger partial charge is 0.390 e. The molecule has 0 spiro atoms. The van der Waals surface area contributed by atoms with Gasteiger partial charge in [-0.05, 0) is 85.2 Å². The maximum atomic E-state index is 13.7. The molecule has 0 aliphatic carbocycles. The molecular formula is C38H40F3N3O3. The lowest BCUT2D eigenvalue weighted by atomic mass is 9.98. The maximum Gasteiger partial charge on any atom is 0.416 e. The highest BCUT2D eigenvalue weighted by molar-refractivity contribution is 6.00. The fraction of sp³-hybridized carbons (Fsp3) is 0.316. The number of aliphatic hydroxyl groups excluding tert-OH is 1. The van der Waals surface area contributed by atoms with Gasteiger partial charge in [0, 0.05) is 30.8 Å². The molecule has 0 radical (unpaired) electrons. The SMILES string of the molecule is Cc1ccc(C2CCCN2C(=O)c2cccc(C(=O)N[C@@H](Cc3ccccc3)[C@H](O)CNCc3cccc(C(F)(F)F)c3)c2)cc1C. The lowest BCUT2D eigenvalue weighted by molar-refractivity contribution is -0.137. The molecule has 5 rings (SSSR count). The van der Waals surface area contributed by atoms with Crippen LogP contribution in [-0.4, -0.2) is 47.1 Å². The Hall–Kier alpha value is -4.47. The number of aryl methyl sites for hydroxylation is 2. The summed E-state index contributed by atoms with van der Waals surface area (Å²) in [6, 6.07) is 26.6. The van der Waals surface area contributed by atoms with Crippen LogP contribution in [0.15, 0.2) is 97.1 Å². The van der Waals surface area contributed by atoms with Crippen molar-refractivity contribution in [3.63, 3.8) is 0 Å². The van der Waals surface area contributed by atoms with Gasteiger partial charge in [-0.2, -0.15) is 13.2 Å². The predicted octanol–water partition coefficient (Wildman–Crippen LogP) is 6.79. The lowest BCUT2D eigenvalue weighted by Gasteiger charge is -2.26. The normalized spacial score (nSPS) is 16.1. The number of nitrogens with zero attached hydrogens (tertiary/aromatic N) is 1. The number of nitrogens with one attached hydrogen (secondary N) is 2. The van der Waals surface area contributed by atoms with Crippen molar-refractivity contribution in [2.75, 3.05) is 13.1 Å². The molecule has 9 heteroatoms. The third kappa shape index (κ3) is 8.67. The molecule has 2 amide bonds. The topological polar surface area (TPSA) is 81.7 Å². The number of alkyl halides is 3. The number of hydrogen-bond donors (Lipinski definition) is 3. The van der Waals surface area contributed by atoms with Gasteiger partial charge in [-0.3, -0.25) is 9.59 Å². The highest BCUT2D eigenvalue weighted by Crippen LogP contribution is 2.34. The average molecular weight is 644 g/mol. The molecule has 1 fully saturated rings. The van der Waals surface area contributed by atoms with E-state index in [2.05, 4.69) is 42.7 Å². The molecule has 1 heterocycles. The molecule has 0 saturated carbocycles. The van der Waals surface area contributed by atoms with Gasteiger partial charge in [0.15, 0.2) is 0 Å². The fourth-order valence-corrected chi connectivity index (χ4v) is 6.05. The first kappa shape index (κ1) is 33.9. The summed E-state index contributed by atoms with van der Waals surface area (Å²) in [6.45, 7) is 4.90. The zero-order valence-electron chi connectivity index (χ0n) is 26.6. The minimum absolute atomic E-state index is 0.0292. The molecule has 0 bridgehead atoms. The number of hydrogen-bond acceptors (Lipinski definition) is 4. The van der Waals surface area contributed by atoms with Crippen LogP contribution in [0.4, 0.5) is 13.2 Å². The molecule has 246 valence electrons. The molecule has 6 nitrogen and oxygen atoms in total. The number of rotatable bonds is 11. The van der Waals surface area contributed by atoms with Crippen LogP contribution in [0.2, 0.25) is 0 Å². The van der Waals surface area contributed by atoms with Crippen molar-refractivity contribution in [2.24, 2.45) is 0 Å². The Morgan fingerprint density at radius 1 is 0.872 bits per heavy atom. The Balaban J connectivity index is 1.27. The number of amides is 2. The van der Waals surface area contributed by atoms with Crippen molar-refractivity contribution < 1.29 is 27.9 Å². The van der Waals surface area contributed by atoms with Gasteiger partial charge in [0.1, 0.15) is 0 Å². The lowest BCUT2D eigenvalue weighted by Crippen LogP contribution is -2.48. The molecule has 3 N–H and O–H groups in total. The van der Waals surface area contributed by atoms with Crippen molar-refractivity contribution in [1.82, 2.24) is 15.5 Å². The fourth-order valence-electron chi connectivity index (χ4n) is 6.05. The first-order chi connectivity index (χ1) is 22.5. The van der Waals surface area contributed by atoms with Gasteiger partial charge in [0.05, 0.1) is 23.8 Å². The van der Waals surface area contributed by atoms with E-state index in [1.54, 1.807) is 30.3 Å². The van der Waals surface area contributed by atoms with E-state index in [1.807, 2.05) is 35.2 Å². The second kappa shape index (κ2) is 15.0. The molecule has 4 aromatic carbocycles. The second-order valence-electron chi connectivity index (χ2n) is 12.2. The van der Waals surface area contributed by atoms with E-state index < -0.39 is 29.8 Å². The maximum absolute atomic E-state index is 13.7. The minimum Gasteiger partial charge on any atom is -0.390 e. The van der Waals surface area contributed by atoms with Crippen molar-refractivity contribution in [1.29, 1.82) is 0 Å². The highest BCUT2D eigenvalue weighted by Gasteiger charge is 2.32. The van der Waals surface area contributed by atoms with Crippen LogP contribution in [0.3, 0.4) is 0 Å². The molecule has 0 aromatic heterocycles. The Morgan fingerprint density at radius 2 is 1.60 bits per heavy atom. The van der Waals surface area contributed by atoms with Crippen LogP contribution < -0.4 is 10.6 Å². The second-order valence-corrected chi connectivity index (χ2v) is 12.2. The van der Waals surface area contributed by atoms with Gasteiger partial charge < -0.3 is 20.6 Å². The van der Waals surface area contributed by atoms with Gasteiger partial charge in [0.25, 0.3) is 11.8 Å². The summed E-state index contributed by atoms with van der Waals surface area (Å²) >= 11 is 0. The number of carbonyl (C=O) groups excluding carboxylic acids is 2. The van der Waals surface area contributed by atoms with Gasteiger partial charge in [-0.1, -0.05) is 72.8 Å². The predicted molar refractivity (Wildman–Crippen MR) is 176 cm³/mol. The van der Waals surface area contributed by atoms with Crippen LogP contribution >= 0.6 is 0 Å². The molecule has 1 aliphatic rings. The highest BCUT2D eigenvalue weighted by atomic mass is 19.4. The van der Waals surface area contributed by atoms with Crippen LogP contribution in [0.25, 0.3) is 0 Å².